The molecule has 0 saturated carbocycles. The van der Waals surface area contributed by atoms with Crippen LogP contribution in [0.5, 0.6) is 0 Å². The number of aliphatic carboxylic acids is 1. The zero-order valence-corrected chi connectivity index (χ0v) is 4.13. The van der Waals surface area contributed by atoms with E-state index in [0.717, 1.165) is 12.2 Å². The first-order chi connectivity index (χ1) is 3.68. The number of hydrogen-bond donors (Lipinski definition) is 1. The van der Waals surface area contributed by atoms with Crippen LogP contribution in [-0.2, 0) is 4.79 Å². The van der Waals surface area contributed by atoms with Crippen molar-refractivity contribution in [2.24, 2.45) is 0 Å². The van der Waals surface area contributed by atoms with Gasteiger partial charge < -0.3 is 10.2 Å². The van der Waals surface area contributed by atoms with Gasteiger partial charge in [-0.05, 0) is 5.76 Å². The van der Waals surface area contributed by atoms with Gasteiger partial charge in [0.15, 0.2) is 0 Å². The van der Waals surface area contributed by atoms with Gasteiger partial charge in [0.25, 0.3) is 0 Å². The highest BCUT2D eigenvalue weighted by Crippen LogP contribution is 1.80. The minimum atomic E-state index is -1.45. The van der Waals surface area contributed by atoms with Crippen molar-refractivity contribution < 1.29 is 15.0 Å². The number of carbonyl (C=O) groups is 1. The molecular weight excluding hydrogens is 108 g/mol. The lowest BCUT2D eigenvalue weighted by Crippen LogP contribution is -2.13. The van der Waals surface area contributed by atoms with E-state index in [2.05, 4.69) is 6.58 Å². The van der Waals surface area contributed by atoms with E-state index >= 15 is 0 Å². The van der Waals surface area contributed by atoms with Crippen molar-refractivity contribution >= 4 is 5.97 Å². The van der Waals surface area contributed by atoms with Gasteiger partial charge in [-0.25, -0.2) is 4.79 Å². The molecular formula is C5H5O3-. The molecule has 0 aliphatic heterocycles. The summed E-state index contributed by atoms with van der Waals surface area (Å²) in [4.78, 5) is 9.66. The Kier molecular flexibility index (Phi) is 2.40. The average Bonchev–Trinajstić information content (AvgIpc) is 1.67. The molecule has 0 unspecified atom stereocenters. The maximum atomic E-state index is 10.0. The zero-order valence-electron chi connectivity index (χ0n) is 4.13. The molecule has 8 heavy (non-hydrogen) atoms. The Bertz CT molecular complexity index is 135. The van der Waals surface area contributed by atoms with Gasteiger partial charge in [0.2, 0.25) is 0 Å². The second-order valence-corrected chi connectivity index (χ2v) is 1.07. The molecule has 0 aromatic rings. The monoisotopic (exact) mass is 113 g/mol. The number of carboxylic acid groups (broad SMARTS) is 1. The largest absolute Gasteiger partial charge is 0.868 e. The van der Waals surface area contributed by atoms with Crippen LogP contribution in [0.15, 0.2) is 24.5 Å². The third-order valence-corrected chi connectivity index (χ3v) is 0.480. The van der Waals surface area contributed by atoms with Crippen LogP contribution < -0.4 is 5.11 Å². The molecule has 0 aliphatic carbocycles. The Balaban J connectivity index is 3.99. The Morgan fingerprint density at radius 1 is 1.75 bits per heavy atom. The molecule has 0 amide bonds. The summed E-state index contributed by atoms with van der Waals surface area (Å²) in [6, 6.07) is 0. The first kappa shape index (κ1) is 6.75. The number of allylic oxidation sites excluding steroid dienone is 2. The van der Waals surface area contributed by atoms with Crippen LogP contribution in [0.4, 0.5) is 0 Å². The lowest BCUT2D eigenvalue weighted by molar-refractivity contribution is -0.302. The minimum Gasteiger partial charge on any atom is -0.868 e. The summed E-state index contributed by atoms with van der Waals surface area (Å²) >= 11 is 0. The second kappa shape index (κ2) is 2.85. The fourth-order valence-corrected chi connectivity index (χ4v) is 0.178. The molecule has 0 atom stereocenters. The molecule has 0 aromatic heterocycles. The van der Waals surface area contributed by atoms with E-state index in [1.807, 2.05) is 0 Å². The molecule has 0 rings (SSSR count). The van der Waals surface area contributed by atoms with Crippen LogP contribution >= 0.6 is 0 Å². The Morgan fingerprint density at radius 2 is 2.25 bits per heavy atom. The second-order valence-electron chi connectivity index (χ2n) is 1.07. The number of carboxylic acids is 1. The summed E-state index contributed by atoms with van der Waals surface area (Å²) in [7, 11) is 0. The third kappa shape index (κ3) is 2.02. The van der Waals surface area contributed by atoms with Crippen molar-refractivity contribution in [2.45, 2.75) is 0 Å². The predicted octanol–water partition coefficient (Wildman–Crippen LogP) is -0.499. The van der Waals surface area contributed by atoms with Crippen LogP contribution in [0, 0.1) is 0 Å². The molecule has 3 heteroatoms. The summed E-state index contributed by atoms with van der Waals surface area (Å²) in [5, 5.41) is 17.9. The van der Waals surface area contributed by atoms with Crippen LogP contribution in [0.3, 0.4) is 0 Å². The van der Waals surface area contributed by atoms with E-state index in [9.17, 15) is 9.90 Å². The van der Waals surface area contributed by atoms with E-state index in [4.69, 9.17) is 5.11 Å². The molecule has 1 N–H and O–H groups in total. The van der Waals surface area contributed by atoms with Gasteiger partial charge in [-0.15, -0.1) is 0 Å². The summed E-state index contributed by atoms with van der Waals surface area (Å²) in [5.74, 6) is -2.40. The van der Waals surface area contributed by atoms with E-state index in [1.165, 1.54) is 0 Å². The fraction of sp³-hybridized carbons (Fsp3) is 0. The SMILES string of the molecule is C=CC=C([O-])C(=O)O. The first-order valence-corrected chi connectivity index (χ1v) is 1.91. The highest BCUT2D eigenvalue weighted by Gasteiger charge is 1.86. The highest BCUT2D eigenvalue weighted by atomic mass is 16.4. The van der Waals surface area contributed by atoms with Gasteiger partial charge in [0.05, 0.1) is 0 Å². The molecule has 0 spiro atoms. The third-order valence-electron chi connectivity index (χ3n) is 0.480. The Labute approximate surface area is 46.6 Å². The van der Waals surface area contributed by atoms with Gasteiger partial charge in [0, 0.05) is 0 Å². The van der Waals surface area contributed by atoms with Crippen molar-refractivity contribution in [3.8, 4) is 0 Å². The molecule has 3 nitrogen and oxygen atoms in total. The molecule has 0 bridgehead atoms. The number of hydrogen-bond acceptors (Lipinski definition) is 2. The molecule has 0 heterocycles. The standard InChI is InChI=1S/C5H6O3/c1-2-3-4(6)5(7)8/h2-3,6H,1H2,(H,7,8)/p-1. The molecule has 0 fully saturated rings. The van der Waals surface area contributed by atoms with Crippen molar-refractivity contribution in [2.75, 3.05) is 0 Å². The van der Waals surface area contributed by atoms with Gasteiger partial charge >= 0.3 is 5.97 Å². The van der Waals surface area contributed by atoms with Gasteiger partial charge in [-0.2, -0.15) is 0 Å². The maximum Gasteiger partial charge on any atom is 0.320 e. The normalized spacial score (nSPS) is 10.8. The van der Waals surface area contributed by atoms with Crippen LogP contribution in [0.25, 0.3) is 0 Å². The van der Waals surface area contributed by atoms with Crippen molar-refractivity contribution in [1.29, 1.82) is 0 Å². The first-order valence-electron chi connectivity index (χ1n) is 1.91. The van der Waals surface area contributed by atoms with Gasteiger partial charge in [-0.3, -0.25) is 0 Å². The van der Waals surface area contributed by atoms with Crippen LogP contribution in [-0.4, -0.2) is 11.1 Å². The van der Waals surface area contributed by atoms with Gasteiger partial charge in [0.1, 0.15) is 0 Å². The van der Waals surface area contributed by atoms with Crippen LogP contribution in [0.2, 0.25) is 0 Å². The zero-order chi connectivity index (χ0) is 6.57. The predicted molar refractivity (Wildman–Crippen MR) is 25.9 cm³/mol. The van der Waals surface area contributed by atoms with Gasteiger partial charge in [-0.1, -0.05) is 18.7 Å². The summed E-state index contributed by atoms with van der Waals surface area (Å²) in [5.41, 5.74) is 0. The maximum absolute atomic E-state index is 10.0. The lowest BCUT2D eigenvalue weighted by atomic mass is 10.4. The van der Waals surface area contributed by atoms with E-state index < -0.39 is 11.7 Å². The smallest absolute Gasteiger partial charge is 0.320 e. The quantitative estimate of drug-likeness (QED) is 0.298. The lowest BCUT2D eigenvalue weighted by Gasteiger charge is -2.00. The molecule has 0 aliphatic rings. The highest BCUT2D eigenvalue weighted by molar-refractivity contribution is 5.83. The van der Waals surface area contributed by atoms with E-state index in [0.29, 0.717) is 0 Å². The minimum absolute atomic E-state index is 0.891. The summed E-state index contributed by atoms with van der Waals surface area (Å²) < 4.78 is 0. The summed E-state index contributed by atoms with van der Waals surface area (Å²) in [6.07, 6.45) is 2.03. The summed E-state index contributed by atoms with van der Waals surface area (Å²) in [6.45, 7) is 3.14. The molecule has 0 saturated heterocycles. The fourth-order valence-electron chi connectivity index (χ4n) is 0.178. The van der Waals surface area contributed by atoms with Crippen molar-refractivity contribution in [1.82, 2.24) is 0 Å². The average molecular weight is 113 g/mol. The Hall–Kier alpha value is -1.25. The van der Waals surface area contributed by atoms with Crippen molar-refractivity contribution in [3.63, 3.8) is 0 Å². The number of rotatable bonds is 2. The van der Waals surface area contributed by atoms with E-state index in [-0.39, 0.29) is 0 Å². The van der Waals surface area contributed by atoms with Crippen LogP contribution in [0.1, 0.15) is 0 Å². The molecule has 0 radical (unpaired) electrons. The van der Waals surface area contributed by atoms with E-state index in [1.54, 1.807) is 0 Å². The molecule has 44 valence electrons. The topological polar surface area (TPSA) is 60.4 Å². The Morgan fingerprint density at radius 3 is 2.38 bits per heavy atom. The molecule has 0 aromatic carbocycles. The van der Waals surface area contributed by atoms with Crippen molar-refractivity contribution in [3.05, 3.63) is 24.5 Å².